The Labute approximate surface area is 151 Å². The minimum absolute atomic E-state index is 0.124. The number of amides is 1. The van der Waals surface area contributed by atoms with E-state index >= 15 is 0 Å². The first-order valence-electron chi connectivity index (χ1n) is 7.87. The number of carbonyl (C=O) groups excluding carboxylic acids is 1. The summed E-state index contributed by atoms with van der Waals surface area (Å²) in [5.74, 6) is 0. The van der Waals surface area contributed by atoms with Gasteiger partial charge in [0, 0.05) is 24.6 Å². The van der Waals surface area contributed by atoms with Crippen molar-refractivity contribution in [3.05, 3.63) is 47.0 Å². The highest BCUT2D eigenvalue weighted by Crippen LogP contribution is 2.19. The number of nitrogens with one attached hydrogen (secondary N) is 2. The normalized spacial score (nSPS) is 14.0. The van der Waals surface area contributed by atoms with Gasteiger partial charge >= 0.3 is 6.09 Å². The fourth-order valence-electron chi connectivity index (χ4n) is 2.19. The van der Waals surface area contributed by atoms with E-state index in [0.29, 0.717) is 10.3 Å². The van der Waals surface area contributed by atoms with Gasteiger partial charge in [-0.1, -0.05) is 12.1 Å². The zero-order valence-corrected chi connectivity index (χ0v) is 15.2. The van der Waals surface area contributed by atoms with Crippen molar-refractivity contribution in [2.24, 2.45) is 0 Å². The molecule has 0 aliphatic heterocycles. The van der Waals surface area contributed by atoms with E-state index < -0.39 is 23.9 Å². The van der Waals surface area contributed by atoms with Gasteiger partial charge in [-0.3, -0.25) is 4.57 Å². The molecule has 2 rings (SSSR count). The average Bonchev–Trinajstić information content (AvgIpc) is 2.96. The van der Waals surface area contributed by atoms with Crippen molar-refractivity contribution in [3.63, 3.8) is 0 Å². The number of aromatic amines is 1. The Balaban J connectivity index is 1.95. The second-order valence-electron chi connectivity index (χ2n) is 6.62. The Morgan fingerprint density at radius 1 is 1.32 bits per heavy atom. The number of ether oxygens (including phenoxy) is 1. The van der Waals surface area contributed by atoms with Gasteiger partial charge in [-0.05, 0) is 50.7 Å². The lowest BCUT2D eigenvalue weighted by Crippen LogP contribution is -2.38. The number of aliphatic hydroxyl groups excluding tert-OH is 2. The smallest absolute Gasteiger partial charge is 0.407 e. The highest BCUT2D eigenvalue weighted by atomic mass is 32.1. The maximum Gasteiger partial charge on any atom is 0.407 e. The molecule has 0 fully saturated rings. The summed E-state index contributed by atoms with van der Waals surface area (Å²) >= 11 is 5.16. The minimum Gasteiger partial charge on any atom is -0.444 e. The first-order valence-corrected chi connectivity index (χ1v) is 8.27. The van der Waals surface area contributed by atoms with E-state index in [1.165, 1.54) is 0 Å². The number of hydrogen-bond donors (Lipinski definition) is 4. The highest BCUT2D eigenvalue weighted by Gasteiger charge is 2.21. The lowest BCUT2D eigenvalue weighted by molar-refractivity contribution is 0.0129. The number of H-pyrrole nitrogens is 1. The van der Waals surface area contributed by atoms with Crippen LogP contribution in [-0.4, -0.2) is 44.1 Å². The number of aromatic nitrogens is 2. The predicted molar refractivity (Wildman–Crippen MR) is 96.2 cm³/mol. The molecule has 0 aliphatic carbocycles. The summed E-state index contributed by atoms with van der Waals surface area (Å²) in [7, 11) is 0. The molecule has 0 aliphatic rings. The van der Waals surface area contributed by atoms with Crippen molar-refractivity contribution >= 4 is 18.3 Å². The number of rotatable bonds is 5. The van der Waals surface area contributed by atoms with Gasteiger partial charge in [0.1, 0.15) is 17.8 Å². The standard InChI is InChI=1S/C17H23N3O4S/c1-17(2,3)24-16(23)19-10-13(21)14(22)11-4-6-12(7-5-11)20-9-8-18-15(20)25/h4-9,13-14,21-22H,10H2,1-3H3,(H,18,25)(H,19,23). The van der Waals surface area contributed by atoms with Crippen LogP contribution in [0.25, 0.3) is 5.69 Å². The number of imidazole rings is 1. The largest absolute Gasteiger partial charge is 0.444 e. The Kier molecular flexibility index (Phi) is 5.99. The van der Waals surface area contributed by atoms with E-state index in [9.17, 15) is 15.0 Å². The molecule has 8 heteroatoms. The van der Waals surface area contributed by atoms with Crippen LogP contribution in [0.3, 0.4) is 0 Å². The van der Waals surface area contributed by atoms with Crippen LogP contribution in [-0.2, 0) is 4.74 Å². The molecule has 0 saturated carbocycles. The highest BCUT2D eigenvalue weighted by molar-refractivity contribution is 7.71. The van der Waals surface area contributed by atoms with Gasteiger partial charge in [-0.25, -0.2) is 4.79 Å². The molecule has 7 nitrogen and oxygen atoms in total. The zero-order valence-electron chi connectivity index (χ0n) is 14.4. The molecule has 0 spiro atoms. The Hall–Kier alpha value is -2.16. The van der Waals surface area contributed by atoms with Crippen LogP contribution in [0.5, 0.6) is 0 Å². The van der Waals surface area contributed by atoms with E-state index in [4.69, 9.17) is 17.0 Å². The lowest BCUT2D eigenvalue weighted by atomic mass is 10.0. The van der Waals surface area contributed by atoms with E-state index in [1.54, 1.807) is 62.0 Å². The van der Waals surface area contributed by atoms with Crippen LogP contribution in [0.15, 0.2) is 36.7 Å². The van der Waals surface area contributed by atoms with Crippen molar-refractivity contribution in [2.75, 3.05) is 6.54 Å². The van der Waals surface area contributed by atoms with Gasteiger partial charge in [0.2, 0.25) is 0 Å². The molecule has 4 N–H and O–H groups in total. The fraction of sp³-hybridized carbons (Fsp3) is 0.412. The molecule has 25 heavy (non-hydrogen) atoms. The summed E-state index contributed by atoms with van der Waals surface area (Å²) in [5, 5.41) is 22.7. The maximum atomic E-state index is 11.6. The number of nitrogens with zero attached hydrogens (tertiary/aromatic N) is 1. The molecule has 2 atom stereocenters. The summed E-state index contributed by atoms with van der Waals surface area (Å²) in [4.78, 5) is 14.5. The molecule has 0 bridgehead atoms. The van der Waals surface area contributed by atoms with Crippen LogP contribution >= 0.6 is 12.2 Å². The van der Waals surface area contributed by atoms with Crippen LogP contribution in [0.4, 0.5) is 4.79 Å². The van der Waals surface area contributed by atoms with Gasteiger partial charge in [0.05, 0.1) is 0 Å². The van der Waals surface area contributed by atoms with Gasteiger partial charge in [0.15, 0.2) is 4.77 Å². The van der Waals surface area contributed by atoms with Crippen molar-refractivity contribution in [3.8, 4) is 5.69 Å². The first-order chi connectivity index (χ1) is 11.7. The Bertz CT molecular complexity index is 761. The fourth-order valence-corrected chi connectivity index (χ4v) is 2.43. The van der Waals surface area contributed by atoms with Crippen LogP contribution in [0, 0.1) is 4.77 Å². The molecule has 2 aromatic rings. The SMILES string of the molecule is CC(C)(C)OC(=O)NCC(O)C(O)c1ccc(-n2cc[nH]c2=S)cc1. The third-order valence-corrected chi connectivity index (χ3v) is 3.70. The number of carbonyl (C=O) groups is 1. The predicted octanol–water partition coefficient (Wildman–Crippen LogP) is 2.45. The first kappa shape index (κ1) is 19.2. The topological polar surface area (TPSA) is 99.5 Å². The monoisotopic (exact) mass is 365 g/mol. The number of benzene rings is 1. The minimum atomic E-state index is -1.16. The van der Waals surface area contributed by atoms with Gasteiger partial charge in [0.25, 0.3) is 0 Å². The summed E-state index contributed by atoms with van der Waals surface area (Å²) in [6, 6.07) is 6.98. The van der Waals surface area contributed by atoms with Crippen molar-refractivity contribution in [2.45, 2.75) is 38.6 Å². The van der Waals surface area contributed by atoms with Crippen molar-refractivity contribution in [1.82, 2.24) is 14.9 Å². The Morgan fingerprint density at radius 3 is 2.48 bits per heavy atom. The van der Waals surface area contributed by atoms with Gasteiger partial charge < -0.3 is 25.3 Å². The number of aliphatic hydroxyl groups is 2. The molecular formula is C17H23N3O4S. The van der Waals surface area contributed by atoms with Gasteiger partial charge in [-0.2, -0.15) is 0 Å². The quantitative estimate of drug-likeness (QED) is 0.610. The molecule has 1 heterocycles. The van der Waals surface area contributed by atoms with Gasteiger partial charge in [-0.15, -0.1) is 0 Å². The summed E-state index contributed by atoms with van der Waals surface area (Å²) in [6.07, 6.45) is 0.594. The lowest BCUT2D eigenvalue weighted by Gasteiger charge is -2.22. The Morgan fingerprint density at radius 2 is 1.96 bits per heavy atom. The molecule has 2 unspecified atom stereocenters. The van der Waals surface area contributed by atoms with E-state index in [0.717, 1.165) is 5.69 Å². The van der Waals surface area contributed by atoms with E-state index in [-0.39, 0.29) is 6.54 Å². The molecular weight excluding hydrogens is 342 g/mol. The third-order valence-electron chi connectivity index (χ3n) is 3.38. The second-order valence-corrected chi connectivity index (χ2v) is 7.01. The zero-order chi connectivity index (χ0) is 18.6. The molecule has 0 saturated heterocycles. The van der Waals surface area contributed by atoms with E-state index in [2.05, 4.69) is 10.3 Å². The third kappa shape index (κ3) is 5.42. The van der Waals surface area contributed by atoms with Crippen LogP contribution in [0.2, 0.25) is 0 Å². The second kappa shape index (κ2) is 7.81. The maximum absolute atomic E-state index is 11.6. The molecule has 1 aromatic carbocycles. The van der Waals surface area contributed by atoms with Crippen molar-refractivity contribution in [1.29, 1.82) is 0 Å². The number of hydrogen-bond acceptors (Lipinski definition) is 5. The average molecular weight is 365 g/mol. The molecule has 136 valence electrons. The molecule has 0 radical (unpaired) electrons. The summed E-state index contributed by atoms with van der Waals surface area (Å²) < 4.78 is 7.43. The number of alkyl carbamates (subject to hydrolysis) is 1. The van der Waals surface area contributed by atoms with Crippen LogP contribution in [0.1, 0.15) is 32.4 Å². The summed E-state index contributed by atoms with van der Waals surface area (Å²) in [6.45, 7) is 5.11. The molecule has 1 amide bonds. The van der Waals surface area contributed by atoms with Crippen LogP contribution < -0.4 is 5.32 Å². The van der Waals surface area contributed by atoms with E-state index in [1.807, 2.05) is 0 Å². The van der Waals surface area contributed by atoms with Crippen molar-refractivity contribution < 1.29 is 19.7 Å². The summed E-state index contributed by atoms with van der Waals surface area (Å²) in [5.41, 5.74) is 0.746. The molecule has 1 aromatic heterocycles.